The van der Waals surface area contributed by atoms with Gasteiger partial charge in [0.15, 0.2) is 5.78 Å². The van der Waals surface area contributed by atoms with E-state index < -0.39 is 10.0 Å². The molecule has 0 saturated carbocycles. The van der Waals surface area contributed by atoms with E-state index in [2.05, 4.69) is 6.92 Å². The molecule has 1 fully saturated rings. The van der Waals surface area contributed by atoms with Gasteiger partial charge in [-0.3, -0.25) is 4.79 Å². The van der Waals surface area contributed by atoms with Crippen molar-refractivity contribution in [3.8, 4) is 0 Å². The molecule has 1 unspecified atom stereocenters. The van der Waals surface area contributed by atoms with Crippen molar-refractivity contribution in [2.45, 2.75) is 63.3 Å². The molecule has 0 bridgehead atoms. The van der Waals surface area contributed by atoms with E-state index >= 15 is 0 Å². The molecule has 1 aromatic carbocycles. The Morgan fingerprint density at radius 3 is 2.50 bits per heavy atom. The number of carbonyl (C=O) groups is 1. The van der Waals surface area contributed by atoms with Crippen molar-refractivity contribution < 1.29 is 13.2 Å². The minimum absolute atomic E-state index is 0.0886. The fourth-order valence-electron chi connectivity index (χ4n) is 2.75. The monoisotopic (exact) mass is 349 g/mol. The Bertz CT molecular complexity index is 677. The Morgan fingerprint density at radius 1 is 1.21 bits per heavy atom. The topological polar surface area (TPSA) is 54.5 Å². The van der Waals surface area contributed by atoms with Crippen LogP contribution in [0.4, 0.5) is 0 Å². The zero-order valence-corrected chi connectivity index (χ0v) is 15.4. The number of hydrogen-bond donors (Lipinski definition) is 0. The number of sulfonamides is 1. The summed E-state index contributed by atoms with van der Waals surface area (Å²) >= 11 is 0. The summed E-state index contributed by atoms with van der Waals surface area (Å²) < 4.78 is 26.7. The summed E-state index contributed by atoms with van der Waals surface area (Å²) in [4.78, 5) is 12.2. The molecule has 0 radical (unpaired) electrons. The molecule has 1 aliphatic rings. The van der Waals surface area contributed by atoms with E-state index in [1.165, 1.54) is 4.31 Å². The maximum absolute atomic E-state index is 12.6. The Morgan fingerprint density at radius 2 is 1.92 bits per heavy atom. The minimum atomic E-state index is -3.47. The van der Waals surface area contributed by atoms with Gasteiger partial charge in [0.25, 0.3) is 0 Å². The third-order valence-corrected chi connectivity index (χ3v) is 6.36. The second-order valence-corrected chi connectivity index (χ2v) is 8.31. The highest BCUT2D eigenvalue weighted by atomic mass is 32.2. The molecular formula is C19H27NO3S. The van der Waals surface area contributed by atoms with Gasteiger partial charge in [0, 0.05) is 19.0 Å². The third kappa shape index (κ3) is 4.77. The number of benzene rings is 1. The van der Waals surface area contributed by atoms with Gasteiger partial charge in [0.05, 0.1) is 4.90 Å². The second-order valence-electron chi connectivity index (χ2n) is 6.42. The third-order valence-electron chi connectivity index (χ3n) is 4.42. The van der Waals surface area contributed by atoms with Crippen LogP contribution >= 0.6 is 0 Å². The van der Waals surface area contributed by atoms with E-state index in [1.54, 1.807) is 36.4 Å². The molecule has 2 rings (SSSR count). The van der Waals surface area contributed by atoms with Gasteiger partial charge in [-0.1, -0.05) is 50.0 Å². The number of allylic oxidation sites excluding steroid dienone is 1. The lowest BCUT2D eigenvalue weighted by Gasteiger charge is -2.37. The summed E-state index contributed by atoms with van der Waals surface area (Å²) in [6.45, 7) is 4.58. The van der Waals surface area contributed by atoms with Gasteiger partial charge < -0.3 is 0 Å². The largest absolute Gasteiger partial charge is 0.295 e. The molecule has 1 heterocycles. The minimum Gasteiger partial charge on any atom is -0.295 e. The lowest BCUT2D eigenvalue weighted by atomic mass is 10.0. The maximum atomic E-state index is 12.6. The molecule has 1 aromatic rings. The summed E-state index contributed by atoms with van der Waals surface area (Å²) in [5, 5.41) is 0. The first-order chi connectivity index (χ1) is 11.4. The first kappa shape index (κ1) is 18.9. The van der Waals surface area contributed by atoms with E-state index in [4.69, 9.17) is 0 Å². The number of hydrogen-bond acceptors (Lipinski definition) is 3. The SMILES string of the molecule is CCCCCCC(=O)/C=C/C1CCN1S(=O)(=O)c1ccc(C)cc1. The lowest BCUT2D eigenvalue weighted by Crippen LogP contribution is -2.49. The van der Waals surface area contributed by atoms with Crippen LogP contribution in [-0.4, -0.2) is 31.1 Å². The maximum Gasteiger partial charge on any atom is 0.243 e. The molecule has 0 amide bonds. The van der Waals surface area contributed by atoms with Gasteiger partial charge >= 0.3 is 0 Å². The molecule has 0 aliphatic carbocycles. The number of nitrogens with zero attached hydrogens (tertiary/aromatic N) is 1. The highest BCUT2D eigenvalue weighted by molar-refractivity contribution is 7.89. The van der Waals surface area contributed by atoms with Crippen LogP contribution in [-0.2, 0) is 14.8 Å². The van der Waals surface area contributed by atoms with Crippen LogP contribution in [0.5, 0.6) is 0 Å². The molecule has 0 spiro atoms. The number of aryl methyl sites for hydroxylation is 1. The van der Waals surface area contributed by atoms with Gasteiger partial charge in [-0.2, -0.15) is 4.31 Å². The molecule has 132 valence electrons. The molecular weight excluding hydrogens is 322 g/mol. The standard InChI is InChI=1S/C19H27NO3S/c1-3-4-5-6-7-18(21)11-10-17-14-15-20(17)24(22,23)19-12-8-16(2)9-13-19/h8-13,17H,3-7,14-15H2,1-2H3/b11-10+. The Labute approximate surface area is 145 Å². The first-order valence-corrected chi connectivity index (χ1v) is 10.2. The number of carbonyl (C=O) groups excluding carboxylic acids is 1. The van der Waals surface area contributed by atoms with Crippen molar-refractivity contribution in [2.24, 2.45) is 0 Å². The Hall–Kier alpha value is -1.46. The van der Waals surface area contributed by atoms with Crippen molar-refractivity contribution >= 4 is 15.8 Å². The molecule has 4 nitrogen and oxygen atoms in total. The zero-order valence-electron chi connectivity index (χ0n) is 14.6. The summed E-state index contributed by atoms with van der Waals surface area (Å²) in [6, 6.07) is 6.69. The van der Waals surface area contributed by atoms with Crippen molar-refractivity contribution in [2.75, 3.05) is 6.54 Å². The van der Waals surface area contributed by atoms with Crippen LogP contribution in [0.2, 0.25) is 0 Å². The fraction of sp³-hybridized carbons (Fsp3) is 0.526. The summed E-state index contributed by atoms with van der Waals surface area (Å²) in [5.74, 6) is 0.0886. The summed E-state index contributed by atoms with van der Waals surface area (Å²) in [7, 11) is -3.47. The van der Waals surface area contributed by atoms with Crippen molar-refractivity contribution in [3.63, 3.8) is 0 Å². The normalized spacial score (nSPS) is 18.7. The van der Waals surface area contributed by atoms with Crippen LogP contribution in [0.15, 0.2) is 41.3 Å². The smallest absolute Gasteiger partial charge is 0.243 e. The van der Waals surface area contributed by atoms with Gasteiger partial charge in [0.2, 0.25) is 10.0 Å². The Balaban J connectivity index is 1.92. The molecule has 1 saturated heterocycles. The average molecular weight is 349 g/mol. The predicted octanol–water partition coefficient (Wildman–Crippen LogP) is 3.85. The molecule has 1 aliphatic heterocycles. The molecule has 0 aromatic heterocycles. The lowest BCUT2D eigenvalue weighted by molar-refractivity contribution is -0.114. The van der Waals surface area contributed by atoms with E-state index in [0.717, 1.165) is 37.7 Å². The summed E-state index contributed by atoms with van der Waals surface area (Å²) in [5.41, 5.74) is 1.03. The number of unbranched alkanes of at least 4 members (excludes halogenated alkanes) is 3. The van der Waals surface area contributed by atoms with Crippen molar-refractivity contribution in [3.05, 3.63) is 42.0 Å². The van der Waals surface area contributed by atoms with Crippen LogP contribution in [0.3, 0.4) is 0 Å². The van der Waals surface area contributed by atoms with Gasteiger partial charge in [-0.05, 0) is 38.0 Å². The quantitative estimate of drug-likeness (QED) is 0.502. The first-order valence-electron chi connectivity index (χ1n) is 8.74. The highest BCUT2D eigenvalue weighted by Crippen LogP contribution is 2.28. The van der Waals surface area contributed by atoms with E-state index in [0.29, 0.717) is 17.9 Å². The average Bonchev–Trinajstić information content (AvgIpc) is 2.50. The molecule has 0 N–H and O–H groups in total. The number of rotatable bonds is 9. The van der Waals surface area contributed by atoms with Gasteiger partial charge in [0.1, 0.15) is 0 Å². The van der Waals surface area contributed by atoms with E-state index in [9.17, 15) is 13.2 Å². The predicted molar refractivity (Wildman–Crippen MR) is 96.4 cm³/mol. The van der Waals surface area contributed by atoms with E-state index in [-0.39, 0.29) is 11.8 Å². The second kappa shape index (κ2) is 8.58. The molecule has 5 heteroatoms. The highest BCUT2D eigenvalue weighted by Gasteiger charge is 2.36. The van der Waals surface area contributed by atoms with Crippen LogP contribution in [0.1, 0.15) is 51.0 Å². The summed E-state index contributed by atoms with van der Waals surface area (Å²) in [6.07, 6.45) is 8.92. The molecule has 24 heavy (non-hydrogen) atoms. The zero-order chi connectivity index (χ0) is 17.6. The van der Waals surface area contributed by atoms with E-state index in [1.807, 2.05) is 6.92 Å². The van der Waals surface area contributed by atoms with Crippen molar-refractivity contribution in [1.29, 1.82) is 0 Å². The van der Waals surface area contributed by atoms with Crippen LogP contribution < -0.4 is 0 Å². The molecule has 1 atom stereocenters. The van der Waals surface area contributed by atoms with Crippen LogP contribution in [0, 0.1) is 6.92 Å². The fourth-order valence-corrected chi connectivity index (χ4v) is 4.38. The van der Waals surface area contributed by atoms with Gasteiger partial charge in [-0.15, -0.1) is 0 Å². The van der Waals surface area contributed by atoms with Crippen LogP contribution in [0.25, 0.3) is 0 Å². The van der Waals surface area contributed by atoms with Gasteiger partial charge in [-0.25, -0.2) is 8.42 Å². The Kier molecular flexibility index (Phi) is 6.75. The van der Waals surface area contributed by atoms with Crippen molar-refractivity contribution in [1.82, 2.24) is 4.31 Å². The number of ketones is 1.